The Balaban J connectivity index is 1.31. The molecule has 0 aliphatic carbocycles. The molecule has 5 rings (SSSR count). The van der Waals surface area contributed by atoms with Gasteiger partial charge in [-0.2, -0.15) is 5.10 Å². The Morgan fingerprint density at radius 1 is 0.971 bits per heavy atom. The topological polar surface area (TPSA) is 81.1 Å². The van der Waals surface area contributed by atoms with E-state index in [9.17, 15) is 4.79 Å². The molecule has 1 aliphatic rings. The number of rotatable bonds is 6. The van der Waals surface area contributed by atoms with Gasteiger partial charge in [0.25, 0.3) is 0 Å². The van der Waals surface area contributed by atoms with Crippen LogP contribution in [-0.2, 0) is 10.2 Å². The lowest BCUT2D eigenvalue weighted by Gasteiger charge is -2.36. The standard InChI is InChI=1S/C26H25N5O2S/c1-18-3-7-20(8-4-18)31-24(15-23(30-31)26(2)16-33-17-26)29-25(32)28-19-5-9-21(10-6-19)34-22-11-13-27-14-12-22/h3-15H,16-17H2,1-2H3,(H2,28,29,32). The predicted octanol–water partition coefficient (Wildman–Crippen LogP) is 5.66. The van der Waals surface area contributed by atoms with E-state index in [0.29, 0.717) is 24.7 Å². The quantitative estimate of drug-likeness (QED) is 0.379. The average Bonchev–Trinajstić information content (AvgIpc) is 3.24. The van der Waals surface area contributed by atoms with Gasteiger partial charge < -0.3 is 10.1 Å². The Kier molecular flexibility index (Phi) is 6.08. The molecule has 0 radical (unpaired) electrons. The Morgan fingerprint density at radius 3 is 2.29 bits per heavy atom. The van der Waals surface area contributed by atoms with E-state index in [4.69, 9.17) is 9.84 Å². The van der Waals surface area contributed by atoms with Gasteiger partial charge in [-0.05, 0) is 62.4 Å². The normalized spacial score (nSPS) is 14.3. The summed E-state index contributed by atoms with van der Waals surface area (Å²) in [5.41, 5.74) is 3.50. The first-order valence-electron chi connectivity index (χ1n) is 11.0. The van der Waals surface area contributed by atoms with Gasteiger partial charge in [0.15, 0.2) is 0 Å². The first kappa shape index (κ1) is 22.2. The fraction of sp³-hybridized carbons (Fsp3) is 0.192. The maximum absolute atomic E-state index is 12.8. The minimum Gasteiger partial charge on any atom is -0.379 e. The maximum atomic E-state index is 12.8. The molecule has 1 saturated heterocycles. The van der Waals surface area contributed by atoms with Crippen LogP contribution in [0.1, 0.15) is 18.2 Å². The summed E-state index contributed by atoms with van der Waals surface area (Å²) >= 11 is 1.64. The van der Waals surface area contributed by atoms with Gasteiger partial charge in [-0.15, -0.1) is 0 Å². The van der Waals surface area contributed by atoms with Gasteiger partial charge in [-0.25, -0.2) is 9.48 Å². The van der Waals surface area contributed by atoms with E-state index >= 15 is 0 Å². The Labute approximate surface area is 202 Å². The molecule has 34 heavy (non-hydrogen) atoms. The van der Waals surface area contributed by atoms with Gasteiger partial charge in [0.2, 0.25) is 0 Å². The Bertz CT molecular complexity index is 1280. The molecule has 0 spiro atoms. The number of pyridine rings is 1. The zero-order valence-corrected chi connectivity index (χ0v) is 19.8. The molecular formula is C26H25N5O2S. The first-order chi connectivity index (χ1) is 16.5. The molecule has 172 valence electrons. The molecule has 1 aliphatic heterocycles. The fourth-order valence-corrected chi connectivity index (χ4v) is 4.43. The maximum Gasteiger partial charge on any atom is 0.324 e. The number of benzene rings is 2. The predicted molar refractivity (Wildman–Crippen MR) is 134 cm³/mol. The van der Waals surface area contributed by atoms with E-state index in [1.807, 2.05) is 73.7 Å². The van der Waals surface area contributed by atoms with Crippen LogP contribution in [0.15, 0.2) is 88.9 Å². The Morgan fingerprint density at radius 2 is 1.65 bits per heavy atom. The fourth-order valence-electron chi connectivity index (χ4n) is 3.63. The molecule has 7 nitrogen and oxygen atoms in total. The smallest absolute Gasteiger partial charge is 0.324 e. The van der Waals surface area contributed by atoms with Crippen molar-refractivity contribution >= 4 is 29.3 Å². The summed E-state index contributed by atoms with van der Waals surface area (Å²) in [5, 5.41) is 10.7. The highest BCUT2D eigenvalue weighted by Gasteiger charge is 2.38. The number of ether oxygens (including phenoxy) is 1. The number of hydrogen-bond donors (Lipinski definition) is 2. The number of carbonyl (C=O) groups is 1. The number of aromatic nitrogens is 3. The van der Waals surface area contributed by atoms with Crippen LogP contribution in [0.2, 0.25) is 0 Å². The van der Waals surface area contributed by atoms with Crippen LogP contribution in [0, 0.1) is 6.92 Å². The van der Waals surface area contributed by atoms with Gasteiger partial charge >= 0.3 is 6.03 Å². The summed E-state index contributed by atoms with van der Waals surface area (Å²) in [6.07, 6.45) is 3.54. The molecule has 2 amide bonds. The van der Waals surface area contributed by atoms with Crippen molar-refractivity contribution in [2.75, 3.05) is 23.8 Å². The second kappa shape index (κ2) is 9.32. The third kappa shape index (κ3) is 4.83. The van der Waals surface area contributed by atoms with Crippen molar-refractivity contribution in [2.24, 2.45) is 0 Å². The number of urea groups is 1. The molecule has 0 saturated carbocycles. The van der Waals surface area contributed by atoms with Gasteiger partial charge in [0, 0.05) is 33.9 Å². The van der Waals surface area contributed by atoms with Crippen molar-refractivity contribution in [3.63, 3.8) is 0 Å². The summed E-state index contributed by atoms with van der Waals surface area (Å²) in [7, 11) is 0. The SMILES string of the molecule is Cc1ccc(-n2nc(C3(C)COC3)cc2NC(=O)Nc2ccc(Sc3ccncc3)cc2)cc1. The monoisotopic (exact) mass is 471 g/mol. The molecule has 2 aromatic heterocycles. The van der Waals surface area contributed by atoms with Gasteiger partial charge in [0.1, 0.15) is 5.82 Å². The lowest BCUT2D eigenvalue weighted by atomic mass is 9.85. The van der Waals surface area contributed by atoms with Crippen molar-refractivity contribution in [2.45, 2.75) is 29.1 Å². The van der Waals surface area contributed by atoms with Crippen LogP contribution < -0.4 is 10.6 Å². The number of nitrogens with zero attached hydrogens (tertiary/aromatic N) is 3. The third-order valence-electron chi connectivity index (χ3n) is 5.69. The second-order valence-corrected chi connectivity index (χ2v) is 9.75. The lowest BCUT2D eigenvalue weighted by Crippen LogP contribution is -2.44. The summed E-state index contributed by atoms with van der Waals surface area (Å²) in [4.78, 5) is 19.1. The van der Waals surface area contributed by atoms with E-state index in [2.05, 4.69) is 22.5 Å². The average molecular weight is 472 g/mol. The van der Waals surface area contributed by atoms with Crippen LogP contribution in [0.3, 0.4) is 0 Å². The molecule has 4 aromatic rings. The zero-order valence-electron chi connectivity index (χ0n) is 19.0. The van der Waals surface area contributed by atoms with Crippen molar-refractivity contribution in [1.82, 2.24) is 14.8 Å². The van der Waals surface area contributed by atoms with Crippen LogP contribution in [-0.4, -0.2) is 34.0 Å². The van der Waals surface area contributed by atoms with Crippen LogP contribution >= 0.6 is 11.8 Å². The molecular weight excluding hydrogens is 446 g/mol. The molecule has 2 N–H and O–H groups in total. The summed E-state index contributed by atoms with van der Waals surface area (Å²) in [6.45, 7) is 5.40. The van der Waals surface area contributed by atoms with Crippen molar-refractivity contribution < 1.29 is 9.53 Å². The molecule has 2 aromatic carbocycles. The molecule has 0 atom stereocenters. The largest absolute Gasteiger partial charge is 0.379 e. The van der Waals surface area contributed by atoms with E-state index in [1.54, 1.807) is 28.8 Å². The van der Waals surface area contributed by atoms with E-state index in [-0.39, 0.29) is 11.4 Å². The molecule has 0 unspecified atom stereocenters. The van der Waals surface area contributed by atoms with Crippen LogP contribution in [0.5, 0.6) is 0 Å². The Hall–Kier alpha value is -3.62. The summed E-state index contributed by atoms with van der Waals surface area (Å²) < 4.78 is 7.19. The third-order valence-corrected chi connectivity index (χ3v) is 6.70. The molecule has 3 heterocycles. The van der Waals surface area contributed by atoms with Crippen molar-refractivity contribution in [1.29, 1.82) is 0 Å². The van der Waals surface area contributed by atoms with Crippen LogP contribution in [0.25, 0.3) is 5.69 Å². The van der Waals surface area contributed by atoms with Crippen molar-refractivity contribution in [3.05, 3.63) is 90.4 Å². The minimum atomic E-state index is -0.329. The van der Waals surface area contributed by atoms with Gasteiger partial charge in [-0.3, -0.25) is 10.3 Å². The van der Waals surface area contributed by atoms with E-state index in [0.717, 1.165) is 26.7 Å². The van der Waals surface area contributed by atoms with Gasteiger partial charge in [-0.1, -0.05) is 29.5 Å². The molecule has 1 fully saturated rings. The number of nitrogens with one attached hydrogen (secondary N) is 2. The highest BCUT2D eigenvalue weighted by Crippen LogP contribution is 2.33. The first-order valence-corrected chi connectivity index (χ1v) is 11.8. The highest BCUT2D eigenvalue weighted by atomic mass is 32.2. The van der Waals surface area contributed by atoms with E-state index in [1.165, 1.54) is 0 Å². The zero-order chi connectivity index (χ0) is 23.5. The highest BCUT2D eigenvalue weighted by molar-refractivity contribution is 7.99. The number of aryl methyl sites for hydroxylation is 1. The number of amides is 2. The number of carbonyl (C=O) groups excluding carboxylic acids is 1. The van der Waals surface area contributed by atoms with Crippen molar-refractivity contribution in [3.8, 4) is 5.69 Å². The number of hydrogen-bond acceptors (Lipinski definition) is 5. The minimum absolute atomic E-state index is 0.148. The molecule has 8 heteroatoms. The lowest BCUT2D eigenvalue weighted by molar-refractivity contribution is -0.0522. The second-order valence-electron chi connectivity index (χ2n) is 8.60. The van der Waals surface area contributed by atoms with E-state index < -0.39 is 0 Å². The molecule has 0 bridgehead atoms. The van der Waals surface area contributed by atoms with Gasteiger partial charge in [0.05, 0.1) is 30.0 Å². The summed E-state index contributed by atoms with van der Waals surface area (Å²) in [6, 6.07) is 21.3. The summed E-state index contributed by atoms with van der Waals surface area (Å²) in [5.74, 6) is 0.606. The number of anilines is 2. The van der Waals surface area contributed by atoms with Crippen LogP contribution in [0.4, 0.5) is 16.3 Å².